The van der Waals surface area contributed by atoms with Gasteiger partial charge in [-0.05, 0) is 99.8 Å². The molecule has 52 heavy (non-hydrogen) atoms. The second kappa shape index (κ2) is 18.3. The van der Waals surface area contributed by atoms with Crippen LogP contribution in [0.1, 0.15) is 126 Å². The van der Waals surface area contributed by atoms with Crippen molar-refractivity contribution in [3.63, 3.8) is 0 Å². The molecule has 5 fully saturated rings. The normalized spacial score (nSPS) is 45.2. The lowest BCUT2D eigenvalue weighted by atomic mass is 10.0. The van der Waals surface area contributed by atoms with Gasteiger partial charge in [-0.15, -0.1) is 0 Å². The van der Waals surface area contributed by atoms with E-state index in [0.29, 0.717) is 57.8 Å². The second-order valence-corrected chi connectivity index (χ2v) is 16.2. The van der Waals surface area contributed by atoms with E-state index in [9.17, 15) is 24.3 Å². The minimum atomic E-state index is -1.35. The van der Waals surface area contributed by atoms with Crippen molar-refractivity contribution >= 4 is 23.9 Å². The van der Waals surface area contributed by atoms with Gasteiger partial charge in [0.1, 0.15) is 18.3 Å². The van der Waals surface area contributed by atoms with Gasteiger partial charge >= 0.3 is 23.9 Å². The standard InChI is InChI=1S/C39H62O13/c1-20-16-27-8-12-32(48-27)24(5)37(42)46-22(3)18-29-10-14-34(50-29)26(7)39(44)52-35(40)19-30-11-15-33(51-30)25(6)38(43)47-21(2)17-28-9-13-31(49-28)23(4)36(41)45-20/h20-35,40H,8-19H2,1-7H3/t20-,21-,22?,23+,24-,25?,26?,27-,28-,29-,30-,31+,32+,33+,34+,35+/m1/s1. The summed E-state index contributed by atoms with van der Waals surface area (Å²) in [4.78, 5) is 52.2. The SMILES string of the molecule is CC1C[C@H]2CC[C@H](O2)C(C)C(=O)O[C@H](O)C[C@H]2CC[C@H](O2)C(C)C(=O)O[C@H](C)C[C@H]2CC[C@H](O2)[C@H](C)C(=O)O[C@H](C)C[C@H]2CC[C@H](O2)[C@@H](C)C(=O)O1. The highest BCUT2D eigenvalue weighted by molar-refractivity contribution is 5.74. The maximum atomic E-state index is 13.1. The predicted molar refractivity (Wildman–Crippen MR) is 185 cm³/mol. The summed E-state index contributed by atoms with van der Waals surface area (Å²) in [5, 5.41) is 10.6. The van der Waals surface area contributed by atoms with E-state index in [-0.39, 0.29) is 79.3 Å². The van der Waals surface area contributed by atoms with Gasteiger partial charge in [0.05, 0.1) is 72.5 Å². The van der Waals surface area contributed by atoms with E-state index in [2.05, 4.69) is 0 Å². The van der Waals surface area contributed by atoms with E-state index in [1.54, 1.807) is 13.8 Å². The van der Waals surface area contributed by atoms with Crippen molar-refractivity contribution in [2.45, 2.75) is 199 Å². The van der Waals surface area contributed by atoms with E-state index in [0.717, 1.165) is 12.8 Å². The summed E-state index contributed by atoms with van der Waals surface area (Å²) in [6, 6.07) is 0. The van der Waals surface area contributed by atoms with Crippen LogP contribution in [0.3, 0.4) is 0 Å². The molecule has 5 aliphatic heterocycles. The van der Waals surface area contributed by atoms with Crippen LogP contribution in [-0.2, 0) is 57.1 Å². The average molecular weight is 739 g/mol. The molecule has 5 aliphatic rings. The first-order valence-electron chi connectivity index (χ1n) is 19.8. The zero-order valence-corrected chi connectivity index (χ0v) is 32.1. The molecule has 0 spiro atoms. The van der Waals surface area contributed by atoms with Gasteiger partial charge in [-0.25, -0.2) is 0 Å². The van der Waals surface area contributed by atoms with Gasteiger partial charge in [0, 0.05) is 25.7 Å². The van der Waals surface area contributed by atoms with Crippen LogP contribution in [0.4, 0.5) is 0 Å². The van der Waals surface area contributed by atoms with Crippen LogP contribution in [0, 0.1) is 23.7 Å². The Bertz CT molecular complexity index is 1040. The van der Waals surface area contributed by atoms with Gasteiger partial charge in [-0.3, -0.25) is 19.2 Å². The molecule has 0 aliphatic carbocycles. The molecular formula is C39H62O13. The molecule has 16 atom stereocenters. The molecule has 3 unspecified atom stereocenters. The van der Waals surface area contributed by atoms with Crippen molar-refractivity contribution in [3.05, 3.63) is 0 Å². The molecule has 0 aromatic heterocycles. The van der Waals surface area contributed by atoms with E-state index in [4.69, 9.17) is 37.9 Å². The number of cyclic esters (lactones) is 4. The number of esters is 4. The number of aliphatic hydroxyl groups excluding tert-OH is 1. The third kappa shape index (κ3) is 10.9. The molecule has 296 valence electrons. The van der Waals surface area contributed by atoms with Gasteiger partial charge in [0.25, 0.3) is 0 Å². The number of hydrogen-bond acceptors (Lipinski definition) is 13. The van der Waals surface area contributed by atoms with Crippen molar-refractivity contribution in [2.24, 2.45) is 23.7 Å². The van der Waals surface area contributed by atoms with Crippen molar-refractivity contribution in [3.8, 4) is 0 Å². The number of ether oxygens (including phenoxy) is 8. The van der Waals surface area contributed by atoms with Crippen LogP contribution in [0.5, 0.6) is 0 Å². The highest BCUT2D eigenvalue weighted by atomic mass is 16.6. The molecule has 0 radical (unpaired) electrons. The first-order valence-corrected chi connectivity index (χ1v) is 19.8. The van der Waals surface area contributed by atoms with Crippen LogP contribution in [0.25, 0.3) is 0 Å². The van der Waals surface area contributed by atoms with Crippen molar-refractivity contribution in [2.75, 3.05) is 0 Å². The van der Waals surface area contributed by atoms with Crippen LogP contribution >= 0.6 is 0 Å². The molecule has 5 saturated heterocycles. The Labute approximate surface area is 308 Å². The highest BCUT2D eigenvalue weighted by Crippen LogP contribution is 2.34. The maximum absolute atomic E-state index is 13.1. The minimum absolute atomic E-state index is 0.0974. The topological polar surface area (TPSA) is 162 Å². The first-order chi connectivity index (χ1) is 24.7. The Balaban J connectivity index is 1.19. The van der Waals surface area contributed by atoms with Crippen LogP contribution in [-0.4, -0.2) is 102 Å². The molecule has 5 rings (SSSR count). The summed E-state index contributed by atoms with van der Waals surface area (Å²) >= 11 is 0. The van der Waals surface area contributed by atoms with Crippen LogP contribution in [0.15, 0.2) is 0 Å². The molecule has 1 N–H and O–H groups in total. The number of aliphatic hydroxyl groups is 1. The fourth-order valence-electron chi connectivity index (χ4n) is 8.39. The summed E-state index contributed by atoms with van der Waals surface area (Å²) in [6.45, 7) is 12.7. The molecule has 0 aromatic carbocycles. The Hall–Kier alpha value is -2.32. The van der Waals surface area contributed by atoms with Crippen molar-refractivity contribution in [1.82, 2.24) is 0 Å². The van der Waals surface area contributed by atoms with Gasteiger partial charge in [-0.1, -0.05) is 0 Å². The zero-order chi connectivity index (χ0) is 37.7. The maximum Gasteiger partial charge on any atom is 0.313 e. The molecular weight excluding hydrogens is 676 g/mol. The zero-order valence-electron chi connectivity index (χ0n) is 32.1. The summed E-state index contributed by atoms with van der Waals surface area (Å²) in [6.07, 6.45) is 2.47. The highest BCUT2D eigenvalue weighted by Gasteiger charge is 2.41. The third-order valence-corrected chi connectivity index (χ3v) is 11.7. The lowest BCUT2D eigenvalue weighted by Gasteiger charge is -2.25. The summed E-state index contributed by atoms with van der Waals surface area (Å²) in [7, 11) is 0. The molecule has 8 bridgehead atoms. The smallest absolute Gasteiger partial charge is 0.313 e. The molecule has 5 heterocycles. The fourth-order valence-corrected chi connectivity index (χ4v) is 8.39. The Morgan fingerprint density at radius 1 is 0.385 bits per heavy atom. The number of hydrogen-bond donors (Lipinski definition) is 1. The minimum Gasteiger partial charge on any atom is -0.462 e. The molecule has 13 nitrogen and oxygen atoms in total. The first kappa shape index (κ1) is 40.9. The molecule has 13 heteroatoms. The second-order valence-electron chi connectivity index (χ2n) is 16.2. The largest absolute Gasteiger partial charge is 0.462 e. The molecule has 0 aromatic rings. The number of fused-ring (bicyclic) bond motifs is 8. The lowest BCUT2D eigenvalue weighted by Crippen LogP contribution is -2.34. The molecule has 0 saturated carbocycles. The van der Waals surface area contributed by atoms with E-state index in [1.165, 1.54) is 0 Å². The Morgan fingerprint density at radius 2 is 0.635 bits per heavy atom. The molecule has 0 amide bonds. The van der Waals surface area contributed by atoms with Gasteiger partial charge < -0.3 is 43.0 Å². The monoisotopic (exact) mass is 738 g/mol. The summed E-state index contributed by atoms with van der Waals surface area (Å²) in [5.41, 5.74) is 0. The van der Waals surface area contributed by atoms with E-state index in [1.807, 2.05) is 34.6 Å². The van der Waals surface area contributed by atoms with Crippen molar-refractivity contribution < 1.29 is 62.2 Å². The number of rotatable bonds is 0. The Kier molecular flexibility index (Phi) is 14.4. The van der Waals surface area contributed by atoms with Gasteiger partial charge in [-0.2, -0.15) is 0 Å². The number of carbonyl (C=O) groups is 4. The quantitative estimate of drug-likeness (QED) is 0.263. The Morgan fingerprint density at radius 3 is 0.923 bits per heavy atom. The number of carbonyl (C=O) groups excluding carboxylic acids is 4. The van der Waals surface area contributed by atoms with E-state index < -0.39 is 48.1 Å². The van der Waals surface area contributed by atoms with E-state index >= 15 is 0 Å². The average Bonchev–Trinajstić information content (AvgIpc) is 3.91. The third-order valence-electron chi connectivity index (χ3n) is 11.7. The van der Waals surface area contributed by atoms with Crippen LogP contribution < -0.4 is 0 Å². The fraction of sp³-hybridized carbons (Fsp3) is 0.897. The van der Waals surface area contributed by atoms with Crippen molar-refractivity contribution in [1.29, 1.82) is 0 Å². The van der Waals surface area contributed by atoms with Gasteiger partial charge in [0.15, 0.2) is 0 Å². The van der Waals surface area contributed by atoms with Crippen LogP contribution in [0.2, 0.25) is 0 Å². The predicted octanol–water partition coefficient (Wildman–Crippen LogP) is 4.95. The summed E-state index contributed by atoms with van der Waals surface area (Å²) in [5.74, 6) is -3.57. The summed E-state index contributed by atoms with van der Waals surface area (Å²) < 4.78 is 47.6. The lowest BCUT2D eigenvalue weighted by molar-refractivity contribution is -0.182. The van der Waals surface area contributed by atoms with Gasteiger partial charge in [0.2, 0.25) is 6.29 Å².